The Morgan fingerprint density at radius 1 is 0.480 bits per heavy atom. The van der Waals surface area contributed by atoms with E-state index in [1.54, 1.807) is 122 Å². The molecule has 0 aromatic heterocycles. The molecule has 0 nitrogen and oxygen atoms in total. The second-order valence-electron chi connectivity index (χ2n) is 11.2. The molecule has 0 heteroatoms. The van der Waals surface area contributed by atoms with Crippen LogP contribution in [-0.4, -0.2) is 0 Å². The van der Waals surface area contributed by atoms with Gasteiger partial charge in [-0.25, -0.2) is 0 Å². The molecule has 0 aromatic rings. The van der Waals surface area contributed by atoms with Gasteiger partial charge in [0.1, 0.15) is 0 Å². The minimum absolute atomic E-state index is 0.810. The topological polar surface area (TPSA) is 0 Å². The van der Waals surface area contributed by atoms with Crippen molar-refractivity contribution in [2.24, 2.45) is 34.5 Å². The summed E-state index contributed by atoms with van der Waals surface area (Å²) in [7, 11) is 0. The van der Waals surface area contributed by atoms with Crippen molar-refractivity contribution in [3.8, 4) is 0 Å². The van der Waals surface area contributed by atoms with Gasteiger partial charge in [-0.05, 0) is 79.4 Å². The van der Waals surface area contributed by atoms with Crippen LogP contribution in [0.1, 0.15) is 122 Å². The largest absolute Gasteiger partial charge is 0.0533 e. The van der Waals surface area contributed by atoms with Gasteiger partial charge in [0.25, 0.3) is 0 Å². The molecule has 5 bridgehead atoms. The fourth-order valence-corrected chi connectivity index (χ4v) is 9.06. The summed E-state index contributed by atoms with van der Waals surface area (Å²) in [5, 5.41) is 0. The molecule has 0 saturated heterocycles. The fourth-order valence-electron chi connectivity index (χ4n) is 9.06. The first-order valence-electron chi connectivity index (χ1n) is 12.3. The molecule has 6 rings (SSSR count). The summed E-state index contributed by atoms with van der Waals surface area (Å²) in [5.41, 5.74) is 1.63. The number of hydrogen-bond acceptors (Lipinski definition) is 0. The van der Waals surface area contributed by atoms with E-state index in [1.165, 1.54) is 0 Å². The lowest BCUT2D eigenvalue weighted by atomic mass is 9.35. The monoisotopic (exact) mass is 342 g/mol. The molecular formula is C25H42. The summed E-state index contributed by atoms with van der Waals surface area (Å²) in [4.78, 5) is 0. The average Bonchev–Trinajstić information content (AvgIpc) is 2.59. The maximum atomic E-state index is 1.66. The Labute approximate surface area is 156 Å². The Morgan fingerprint density at radius 3 is 2.08 bits per heavy atom. The van der Waals surface area contributed by atoms with Crippen LogP contribution in [0, 0.1) is 34.5 Å². The minimum atomic E-state index is 0.810. The van der Waals surface area contributed by atoms with Gasteiger partial charge in [-0.15, -0.1) is 0 Å². The molecule has 0 amide bonds. The molecule has 0 heterocycles. The van der Waals surface area contributed by atoms with E-state index < -0.39 is 0 Å². The second kappa shape index (κ2) is 6.87. The maximum Gasteiger partial charge on any atom is -0.0210 e. The van der Waals surface area contributed by atoms with Gasteiger partial charge in [0.15, 0.2) is 0 Å². The first-order chi connectivity index (χ1) is 12.3. The molecule has 6 fully saturated rings. The van der Waals surface area contributed by atoms with Gasteiger partial charge in [-0.2, -0.15) is 0 Å². The highest BCUT2D eigenvalue weighted by atomic mass is 14.7. The molecule has 142 valence electrons. The summed E-state index contributed by atoms with van der Waals surface area (Å²) in [5.74, 6) is 4.45. The van der Waals surface area contributed by atoms with E-state index in [-0.39, 0.29) is 0 Å². The van der Waals surface area contributed by atoms with Gasteiger partial charge >= 0.3 is 0 Å². The predicted octanol–water partition coefficient (Wildman–Crippen LogP) is 7.90. The molecule has 0 N–H and O–H groups in total. The van der Waals surface area contributed by atoms with E-state index in [4.69, 9.17) is 0 Å². The second-order valence-corrected chi connectivity index (χ2v) is 11.2. The quantitative estimate of drug-likeness (QED) is 0.419. The molecule has 6 aliphatic carbocycles. The first-order valence-corrected chi connectivity index (χ1v) is 12.3. The normalized spacial score (nSPS) is 50.9. The van der Waals surface area contributed by atoms with Crippen LogP contribution < -0.4 is 0 Å². The summed E-state index contributed by atoms with van der Waals surface area (Å²) in [6.45, 7) is 0. The van der Waals surface area contributed by atoms with Gasteiger partial charge < -0.3 is 0 Å². The third-order valence-corrected chi connectivity index (χ3v) is 10.3. The third kappa shape index (κ3) is 2.84. The zero-order chi connectivity index (χ0) is 16.7. The average molecular weight is 343 g/mol. The fraction of sp³-hybridized carbons (Fsp3) is 1.00. The molecule has 6 saturated carbocycles. The lowest BCUT2D eigenvalue weighted by Crippen LogP contribution is -2.61. The summed E-state index contributed by atoms with van der Waals surface area (Å²) in [6, 6.07) is 0. The zero-order valence-corrected chi connectivity index (χ0v) is 16.7. The third-order valence-electron chi connectivity index (χ3n) is 10.3. The number of hydrogen-bond donors (Lipinski definition) is 0. The Balaban J connectivity index is 1.52. The Kier molecular flexibility index (Phi) is 4.70. The molecule has 6 aliphatic rings. The van der Waals surface area contributed by atoms with Crippen LogP contribution in [-0.2, 0) is 0 Å². The van der Waals surface area contributed by atoms with Crippen LogP contribution in [0.2, 0.25) is 0 Å². The van der Waals surface area contributed by atoms with Crippen molar-refractivity contribution in [3.05, 3.63) is 0 Å². The molecule has 25 heavy (non-hydrogen) atoms. The van der Waals surface area contributed by atoms with E-state index >= 15 is 0 Å². The van der Waals surface area contributed by atoms with Crippen LogP contribution in [0.15, 0.2) is 0 Å². The molecule has 6 unspecified atom stereocenters. The Hall–Kier alpha value is 0. The van der Waals surface area contributed by atoms with E-state index in [2.05, 4.69) is 0 Å². The van der Waals surface area contributed by atoms with Crippen molar-refractivity contribution < 1.29 is 0 Å². The van der Waals surface area contributed by atoms with E-state index in [1.807, 2.05) is 0 Å². The van der Waals surface area contributed by atoms with Crippen molar-refractivity contribution >= 4 is 0 Å². The van der Waals surface area contributed by atoms with Gasteiger partial charge in [0, 0.05) is 0 Å². The lowest BCUT2D eigenvalue weighted by Gasteiger charge is -2.70. The van der Waals surface area contributed by atoms with Gasteiger partial charge in [0.2, 0.25) is 0 Å². The molecule has 0 aromatic carbocycles. The van der Waals surface area contributed by atoms with E-state index in [0.29, 0.717) is 0 Å². The number of rotatable bonds is 0. The van der Waals surface area contributed by atoms with Gasteiger partial charge in [-0.3, -0.25) is 0 Å². The standard InChI is InChI=1S/C25H42/c1-2-8-20-12-13-23-19-24-15-6-4-11-22(14-17-24)21(9-3-1)10-5-7-16-25(23,24)18-20/h20-23H,1-19H2. The van der Waals surface area contributed by atoms with Crippen LogP contribution in [0.4, 0.5) is 0 Å². The van der Waals surface area contributed by atoms with Crippen molar-refractivity contribution in [1.82, 2.24) is 0 Å². The van der Waals surface area contributed by atoms with Crippen LogP contribution in [0.5, 0.6) is 0 Å². The summed E-state index contributed by atoms with van der Waals surface area (Å²) in [6.07, 6.45) is 30.3. The highest BCUT2D eigenvalue weighted by Gasteiger charge is 2.64. The van der Waals surface area contributed by atoms with Crippen molar-refractivity contribution in [3.63, 3.8) is 0 Å². The van der Waals surface area contributed by atoms with Crippen LogP contribution in [0.3, 0.4) is 0 Å². The molecule has 0 radical (unpaired) electrons. The molecular weight excluding hydrogens is 300 g/mol. The first kappa shape index (κ1) is 17.1. The molecule has 2 spiro atoms. The Morgan fingerprint density at radius 2 is 1.20 bits per heavy atom. The minimum Gasteiger partial charge on any atom is -0.0533 e. The van der Waals surface area contributed by atoms with E-state index in [9.17, 15) is 0 Å². The SMILES string of the molecule is C1CCC2CCC3CC45CCCCC(CC4)C(CC1)CCCCC35C2. The van der Waals surface area contributed by atoms with Crippen molar-refractivity contribution in [1.29, 1.82) is 0 Å². The molecule has 0 aliphatic heterocycles. The Bertz CT molecular complexity index is 463. The van der Waals surface area contributed by atoms with Crippen LogP contribution in [0.25, 0.3) is 0 Å². The zero-order valence-electron chi connectivity index (χ0n) is 16.7. The highest BCUT2D eigenvalue weighted by Crippen LogP contribution is 2.74. The summed E-state index contributed by atoms with van der Waals surface area (Å²) < 4.78 is 0. The highest BCUT2D eigenvalue weighted by molar-refractivity contribution is 5.14. The van der Waals surface area contributed by atoms with E-state index in [0.717, 1.165) is 34.5 Å². The van der Waals surface area contributed by atoms with Gasteiger partial charge in [0.05, 0.1) is 0 Å². The van der Waals surface area contributed by atoms with Crippen molar-refractivity contribution in [2.75, 3.05) is 0 Å². The molecule has 6 atom stereocenters. The lowest BCUT2D eigenvalue weighted by molar-refractivity contribution is -0.203. The predicted molar refractivity (Wildman–Crippen MR) is 107 cm³/mol. The number of fused-ring (bicyclic) bond motifs is 7. The van der Waals surface area contributed by atoms with Crippen LogP contribution >= 0.6 is 0 Å². The van der Waals surface area contributed by atoms with Gasteiger partial charge in [-0.1, -0.05) is 77.0 Å². The summed E-state index contributed by atoms with van der Waals surface area (Å²) >= 11 is 0. The van der Waals surface area contributed by atoms with Crippen molar-refractivity contribution in [2.45, 2.75) is 122 Å². The smallest absolute Gasteiger partial charge is 0.0210 e. The maximum absolute atomic E-state index is 1.66.